The summed E-state index contributed by atoms with van der Waals surface area (Å²) in [4.78, 5) is 13.5. The van der Waals surface area contributed by atoms with Gasteiger partial charge < -0.3 is 15.7 Å². The normalized spacial score (nSPS) is 23.6. The highest BCUT2D eigenvalue weighted by molar-refractivity contribution is 7.91. The maximum absolute atomic E-state index is 12.1. The van der Waals surface area contributed by atoms with Crippen LogP contribution in [0.2, 0.25) is 0 Å². The molecule has 0 spiro atoms. The smallest absolute Gasteiger partial charge is 0.240 e. The fourth-order valence-corrected chi connectivity index (χ4v) is 3.83. The lowest BCUT2D eigenvalue weighted by Crippen LogP contribution is -2.50. The molecule has 6 nitrogen and oxygen atoms in total. The van der Waals surface area contributed by atoms with Crippen LogP contribution < -0.4 is 5.73 Å². The molecule has 18 heavy (non-hydrogen) atoms. The van der Waals surface area contributed by atoms with E-state index in [4.69, 9.17) is 10.8 Å². The minimum Gasteiger partial charge on any atom is -0.395 e. The van der Waals surface area contributed by atoms with Gasteiger partial charge in [-0.25, -0.2) is 8.42 Å². The van der Waals surface area contributed by atoms with E-state index in [1.807, 2.05) is 0 Å². The van der Waals surface area contributed by atoms with Crippen molar-refractivity contribution in [3.8, 4) is 0 Å². The molecule has 2 unspecified atom stereocenters. The standard InChI is InChI=1S/C11H20N2O4S/c1-2-3-10(12)11(15)13(5-6-14)9-4-7-18(16,17)8-9/h2,9-10,14H,1,3-8,12H2. The zero-order chi connectivity index (χ0) is 13.8. The van der Waals surface area contributed by atoms with Gasteiger partial charge >= 0.3 is 0 Å². The zero-order valence-electron chi connectivity index (χ0n) is 10.3. The molecule has 0 aromatic heterocycles. The maximum Gasteiger partial charge on any atom is 0.240 e. The molecule has 2 atom stereocenters. The van der Waals surface area contributed by atoms with Crippen LogP contribution in [0.1, 0.15) is 12.8 Å². The first-order chi connectivity index (χ1) is 8.41. The van der Waals surface area contributed by atoms with Gasteiger partial charge in [-0.2, -0.15) is 0 Å². The van der Waals surface area contributed by atoms with Gasteiger partial charge in [0, 0.05) is 12.6 Å². The molecule has 0 aromatic rings. The summed E-state index contributed by atoms with van der Waals surface area (Å²) in [6.07, 6.45) is 2.29. The van der Waals surface area contributed by atoms with E-state index in [2.05, 4.69) is 6.58 Å². The predicted octanol–water partition coefficient (Wildman–Crippen LogP) is -1.10. The van der Waals surface area contributed by atoms with Gasteiger partial charge in [0.05, 0.1) is 24.2 Å². The number of amides is 1. The van der Waals surface area contributed by atoms with Crippen molar-refractivity contribution in [2.45, 2.75) is 24.9 Å². The number of carbonyl (C=O) groups excluding carboxylic acids is 1. The molecule has 1 aliphatic rings. The number of nitrogens with two attached hydrogens (primary N) is 1. The van der Waals surface area contributed by atoms with Gasteiger partial charge in [0.1, 0.15) is 0 Å². The first kappa shape index (κ1) is 15.1. The average molecular weight is 276 g/mol. The van der Waals surface area contributed by atoms with Crippen LogP contribution in [0.4, 0.5) is 0 Å². The Hall–Kier alpha value is -0.920. The molecule has 104 valence electrons. The average Bonchev–Trinajstić information content (AvgIpc) is 2.66. The molecule has 0 aliphatic carbocycles. The van der Waals surface area contributed by atoms with Crippen molar-refractivity contribution in [3.05, 3.63) is 12.7 Å². The number of aliphatic hydroxyl groups excluding tert-OH is 1. The van der Waals surface area contributed by atoms with Crippen LogP contribution in [0.5, 0.6) is 0 Å². The summed E-state index contributed by atoms with van der Waals surface area (Å²) in [7, 11) is -3.07. The number of nitrogens with zero attached hydrogens (tertiary/aromatic N) is 1. The molecule has 0 aromatic carbocycles. The first-order valence-corrected chi connectivity index (χ1v) is 7.71. The van der Waals surface area contributed by atoms with E-state index in [1.165, 1.54) is 4.90 Å². The lowest BCUT2D eigenvalue weighted by atomic mass is 10.1. The van der Waals surface area contributed by atoms with Crippen molar-refractivity contribution in [3.63, 3.8) is 0 Å². The van der Waals surface area contributed by atoms with Crippen molar-refractivity contribution >= 4 is 15.7 Å². The highest BCUT2D eigenvalue weighted by atomic mass is 32.2. The Morgan fingerprint density at radius 3 is 2.72 bits per heavy atom. The van der Waals surface area contributed by atoms with Crippen molar-refractivity contribution in [2.24, 2.45) is 5.73 Å². The van der Waals surface area contributed by atoms with E-state index < -0.39 is 15.9 Å². The van der Waals surface area contributed by atoms with E-state index >= 15 is 0 Å². The van der Waals surface area contributed by atoms with Gasteiger partial charge in [-0.15, -0.1) is 6.58 Å². The van der Waals surface area contributed by atoms with E-state index in [-0.39, 0.29) is 36.6 Å². The van der Waals surface area contributed by atoms with Crippen molar-refractivity contribution in [1.82, 2.24) is 4.90 Å². The van der Waals surface area contributed by atoms with Crippen LogP contribution in [0.15, 0.2) is 12.7 Å². The second-order valence-corrected chi connectivity index (χ2v) is 6.67. The van der Waals surface area contributed by atoms with Crippen LogP contribution in [-0.2, 0) is 14.6 Å². The summed E-state index contributed by atoms with van der Waals surface area (Å²) in [6, 6.07) is -1.09. The van der Waals surface area contributed by atoms with E-state index in [1.54, 1.807) is 6.08 Å². The number of sulfone groups is 1. The zero-order valence-corrected chi connectivity index (χ0v) is 11.1. The molecular formula is C11H20N2O4S. The molecule has 0 radical (unpaired) electrons. The Kier molecular flexibility index (Phi) is 5.30. The van der Waals surface area contributed by atoms with Gasteiger partial charge in [0.15, 0.2) is 9.84 Å². The van der Waals surface area contributed by atoms with Gasteiger partial charge in [-0.05, 0) is 12.8 Å². The monoisotopic (exact) mass is 276 g/mol. The van der Waals surface area contributed by atoms with Crippen LogP contribution in [0.25, 0.3) is 0 Å². The summed E-state index contributed by atoms with van der Waals surface area (Å²) >= 11 is 0. The molecule has 1 fully saturated rings. The molecule has 1 aliphatic heterocycles. The SMILES string of the molecule is C=CCC(N)C(=O)N(CCO)C1CCS(=O)(=O)C1. The van der Waals surface area contributed by atoms with Crippen LogP contribution in [-0.4, -0.2) is 61.1 Å². The first-order valence-electron chi connectivity index (χ1n) is 5.89. The summed E-state index contributed by atoms with van der Waals surface area (Å²) < 4.78 is 22.8. The highest BCUT2D eigenvalue weighted by Gasteiger charge is 2.35. The molecule has 7 heteroatoms. The lowest BCUT2D eigenvalue weighted by molar-refractivity contribution is -0.135. The summed E-state index contributed by atoms with van der Waals surface area (Å²) in [5.41, 5.74) is 5.70. The third-order valence-electron chi connectivity index (χ3n) is 3.01. The predicted molar refractivity (Wildman–Crippen MR) is 68.6 cm³/mol. The topological polar surface area (TPSA) is 101 Å². The Morgan fingerprint density at radius 1 is 1.61 bits per heavy atom. The number of aliphatic hydroxyl groups is 1. The molecule has 1 amide bonds. The third-order valence-corrected chi connectivity index (χ3v) is 4.76. The maximum atomic E-state index is 12.1. The van der Waals surface area contributed by atoms with E-state index in [0.29, 0.717) is 12.8 Å². The fourth-order valence-electron chi connectivity index (χ4n) is 2.10. The Balaban J connectivity index is 2.76. The van der Waals surface area contributed by atoms with Crippen molar-refractivity contribution in [1.29, 1.82) is 0 Å². The minimum absolute atomic E-state index is 0.0421. The summed E-state index contributed by atoms with van der Waals surface area (Å²) in [5, 5.41) is 8.98. The van der Waals surface area contributed by atoms with Gasteiger partial charge in [0.2, 0.25) is 5.91 Å². The molecule has 1 heterocycles. The fraction of sp³-hybridized carbons (Fsp3) is 0.727. The minimum atomic E-state index is -3.07. The van der Waals surface area contributed by atoms with Gasteiger partial charge in [-0.3, -0.25) is 4.79 Å². The van der Waals surface area contributed by atoms with Crippen LogP contribution in [0, 0.1) is 0 Å². The molecular weight excluding hydrogens is 256 g/mol. The van der Waals surface area contributed by atoms with Crippen LogP contribution in [0.3, 0.4) is 0 Å². The van der Waals surface area contributed by atoms with Crippen LogP contribution >= 0.6 is 0 Å². The molecule has 1 rings (SSSR count). The Bertz CT molecular complexity index is 407. The van der Waals surface area contributed by atoms with Gasteiger partial charge in [0.25, 0.3) is 0 Å². The quantitative estimate of drug-likeness (QED) is 0.600. The number of hydrogen-bond donors (Lipinski definition) is 2. The molecule has 3 N–H and O–H groups in total. The Morgan fingerprint density at radius 2 is 2.28 bits per heavy atom. The van der Waals surface area contributed by atoms with E-state index in [9.17, 15) is 13.2 Å². The second-order valence-electron chi connectivity index (χ2n) is 4.44. The number of rotatable bonds is 6. The Labute approximate surface area is 107 Å². The van der Waals surface area contributed by atoms with Gasteiger partial charge in [-0.1, -0.05) is 6.08 Å². The molecule has 0 saturated carbocycles. The summed E-state index contributed by atoms with van der Waals surface area (Å²) in [5.74, 6) is -0.283. The van der Waals surface area contributed by atoms with Crippen molar-refractivity contribution < 1.29 is 18.3 Å². The van der Waals surface area contributed by atoms with Crippen molar-refractivity contribution in [2.75, 3.05) is 24.7 Å². The third kappa shape index (κ3) is 3.79. The summed E-state index contributed by atoms with van der Waals surface area (Å²) in [6.45, 7) is 3.42. The second kappa shape index (κ2) is 6.31. The van der Waals surface area contributed by atoms with E-state index in [0.717, 1.165) is 0 Å². The largest absolute Gasteiger partial charge is 0.395 e. The highest BCUT2D eigenvalue weighted by Crippen LogP contribution is 2.18. The molecule has 1 saturated heterocycles. The number of hydrogen-bond acceptors (Lipinski definition) is 5. The lowest BCUT2D eigenvalue weighted by Gasteiger charge is -2.29. The number of carbonyl (C=O) groups is 1. The molecule has 0 bridgehead atoms.